The number of amides is 1. The van der Waals surface area contributed by atoms with Gasteiger partial charge in [0.2, 0.25) is 5.91 Å². The van der Waals surface area contributed by atoms with E-state index < -0.39 is 0 Å². The van der Waals surface area contributed by atoms with Gasteiger partial charge in [0.05, 0.1) is 13.0 Å². The molecule has 0 fully saturated rings. The Morgan fingerprint density at radius 3 is 2.96 bits per heavy atom. The number of rotatable bonds is 4. The zero-order chi connectivity index (χ0) is 16.4. The van der Waals surface area contributed by atoms with Gasteiger partial charge in [-0.2, -0.15) is 0 Å². The number of benzene rings is 1. The summed E-state index contributed by atoms with van der Waals surface area (Å²) in [6, 6.07) is 8.41. The molecule has 3 nitrogen and oxygen atoms in total. The number of hydrogen-bond donors (Lipinski definition) is 0. The first-order valence-electron chi connectivity index (χ1n) is 8.15. The van der Waals surface area contributed by atoms with Gasteiger partial charge in [-0.25, -0.2) is 0 Å². The zero-order valence-corrected chi connectivity index (χ0v) is 14.8. The van der Waals surface area contributed by atoms with E-state index in [1.165, 1.54) is 16.0 Å². The first kappa shape index (κ1) is 16.2. The van der Waals surface area contributed by atoms with Crippen molar-refractivity contribution in [2.24, 2.45) is 0 Å². The lowest BCUT2D eigenvalue weighted by Crippen LogP contribution is -2.33. The Hall–Kier alpha value is -1.65. The maximum Gasteiger partial charge on any atom is 0.229 e. The second-order valence-electron chi connectivity index (χ2n) is 6.05. The van der Waals surface area contributed by atoms with E-state index in [2.05, 4.69) is 43.5 Å². The molecule has 2 aromatic rings. The number of hydrogen-bond acceptors (Lipinski definition) is 3. The molecule has 1 atom stereocenters. The summed E-state index contributed by atoms with van der Waals surface area (Å²) in [4.78, 5) is 16.0. The molecule has 0 radical (unpaired) electrons. The third-order valence-electron chi connectivity index (χ3n) is 4.40. The van der Waals surface area contributed by atoms with Crippen LogP contribution in [-0.4, -0.2) is 19.1 Å². The molecule has 0 saturated heterocycles. The number of carbonyl (C=O) groups is 1. The molecule has 3 rings (SSSR count). The quantitative estimate of drug-likeness (QED) is 0.831. The van der Waals surface area contributed by atoms with Crippen LogP contribution in [0.15, 0.2) is 29.6 Å². The van der Waals surface area contributed by atoms with E-state index in [9.17, 15) is 4.79 Å². The van der Waals surface area contributed by atoms with Crippen molar-refractivity contribution in [3.63, 3.8) is 0 Å². The lowest BCUT2D eigenvalue weighted by atomic mass is 10.0. The Morgan fingerprint density at radius 1 is 1.35 bits per heavy atom. The second kappa shape index (κ2) is 6.85. The van der Waals surface area contributed by atoms with E-state index >= 15 is 0 Å². The number of ether oxygens (including phenoxy) is 1. The summed E-state index contributed by atoms with van der Waals surface area (Å²) in [6.45, 7) is 7.52. The lowest BCUT2D eigenvalue weighted by Gasteiger charge is -2.28. The summed E-state index contributed by atoms with van der Waals surface area (Å²) in [5.74, 6) is 0.132. The van der Waals surface area contributed by atoms with Gasteiger partial charge in [0.1, 0.15) is 6.10 Å². The van der Waals surface area contributed by atoms with Crippen LogP contribution >= 0.6 is 11.3 Å². The smallest absolute Gasteiger partial charge is 0.229 e. The maximum atomic E-state index is 12.9. The van der Waals surface area contributed by atoms with Gasteiger partial charge < -0.3 is 9.64 Å². The Balaban J connectivity index is 1.81. The van der Waals surface area contributed by atoms with Crippen molar-refractivity contribution in [1.82, 2.24) is 0 Å². The Kier molecular flexibility index (Phi) is 4.83. The van der Waals surface area contributed by atoms with Crippen LogP contribution in [0.25, 0.3) is 0 Å². The number of aryl methyl sites for hydroxylation is 2. The lowest BCUT2D eigenvalue weighted by molar-refractivity contribution is -0.121. The van der Waals surface area contributed by atoms with E-state index in [4.69, 9.17) is 4.74 Å². The Bertz CT molecular complexity index is 707. The highest BCUT2D eigenvalue weighted by atomic mass is 32.1. The highest BCUT2D eigenvalue weighted by Crippen LogP contribution is 2.35. The minimum Gasteiger partial charge on any atom is -0.372 e. The number of anilines is 1. The van der Waals surface area contributed by atoms with Crippen LogP contribution in [0.5, 0.6) is 0 Å². The van der Waals surface area contributed by atoms with Crippen LogP contribution in [0.1, 0.15) is 41.0 Å². The van der Waals surface area contributed by atoms with Gasteiger partial charge in [0, 0.05) is 17.1 Å². The Labute approximate surface area is 141 Å². The highest BCUT2D eigenvalue weighted by molar-refractivity contribution is 7.10. The monoisotopic (exact) mass is 329 g/mol. The van der Waals surface area contributed by atoms with Crippen molar-refractivity contribution in [3.05, 3.63) is 51.2 Å². The third kappa shape index (κ3) is 3.33. The largest absolute Gasteiger partial charge is 0.372 e. The minimum atomic E-state index is -0.0922. The van der Waals surface area contributed by atoms with Gasteiger partial charge in [-0.15, -0.1) is 11.3 Å². The summed E-state index contributed by atoms with van der Waals surface area (Å²) in [7, 11) is 0. The highest BCUT2D eigenvalue weighted by Gasteiger charge is 2.27. The molecule has 23 heavy (non-hydrogen) atoms. The van der Waals surface area contributed by atoms with E-state index in [1.54, 1.807) is 11.3 Å². The fourth-order valence-electron chi connectivity index (χ4n) is 3.13. The average molecular weight is 329 g/mol. The molecule has 1 aromatic carbocycles. The molecule has 0 N–H and O–H groups in total. The van der Waals surface area contributed by atoms with Crippen molar-refractivity contribution in [1.29, 1.82) is 0 Å². The molecule has 0 bridgehead atoms. The number of carbonyl (C=O) groups excluding carboxylic acids is 1. The molecule has 1 unspecified atom stereocenters. The molecule has 0 saturated carbocycles. The van der Waals surface area contributed by atoms with Crippen molar-refractivity contribution >= 4 is 22.9 Å². The van der Waals surface area contributed by atoms with Crippen LogP contribution in [-0.2, 0) is 16.0 Å². The first-order chi connectivity index (χ1) is 11.1. The topological polar surface area (TPSA) is 29.5 Å². The van der Waals surface area contributed by atoms with Crippen LogP contribution < -0.4 is 4.90 Å². The first-order valence-corrected chi connectivity index (χ1v) is 9.03. The van der Waals surface area contributed by atoms with Crippen LogP contribution in [0.4, 0.5) is 5.69 Å². The van der Waals surface area contributed by atoms with Crippen molar-refractivity contribution < 1.29 is 9.53 Å². The van der Waals surface area contributed by atoms with E-state index in [0.29, 0.717) is 19.6 Å². The molecular formula is C19H23NO2S. The number of thiophene rings is 1. The third-order valence-corrected chi connectivity index (χ3v) is 5.45. The SMILES string of the molecule is CCN(C(=O)CC1OCCc2ccsc21)c1cc(C)ccc1C. The fraction of sp³-hybridized carbons (Fsp3) is 0.421. The molecular weight excluding hydrogens is 306 g/mol. The normalized spacial score (nSPS) is 16.9. The molecule has 1 aliphatic rings. The molecule has 1 aliphatic heterocycles. The summed E-state index contributed by atoms with van der Waals surface area (Å²) in [5.41, 5.74) is 4.66. The second-order valence-corrected chi connectivity index (χ2v) is 7.00. The predicted octanol–water partition coefficient (Wildman–Crippen LogP) is 4.42. The summed E-state index contributed by atoms with van der Waals surface area (Å²) < 4.78 is 5.88. The van der Waals surface area contributed by atoms with Crippen LogP contribution in [0.2, 0.25) is 0 Å². The molecule has 122 valence electrons. The number of fused-ring (bicyclic) bond motifs is 1. The molecule has 1 amide bonds. The Morgan fingerprint density at radius 2 is 2.17 bits per heavy atom. The van der Waals surface area contributed by atoms with E-state index in [0.717, 1.165) is 17.7 Å². The molecule has 0 spiro atoms. The summed E-state index contributed by atoms with van der Waals surface area (Å²) in [5, 5.41) is 2.10. The molecule has 1 aromatic heterocycles. The van der Waals surface area contributed by atoms with E-state index in [-0.39, 0.29) is 12.0 Å². The van der Waals surface area contributed by atoms with Gasteiger partial charge in [0.25, 0.3) is 0 Å². The molecule has 2 heterocycles. The van der Waals surface area contributed by atoms with Crippen molar-refractivity contribution in [2.75, 3.05) is 18.1 Å². The van der Waals surface area contributed by atoms with Gasteiger partial charge in [-0.05, 0) is 61.4 Å². The standard InChI is InChI=1S/C19H23NO2S/c1-4-20(16-11-13(2)5-6-14(16)3)18(21)12-17-19-15(7-9-22-17)8-10-23-19/h5-6,8,10-11,17H,4,7,9,12H2,1-3H3. The van der Waals surface area contributed by atoms with Gasteiger partial charge >= 0.3 is 0 Å². The van der Waals surface area contributed by atoms with E-state index in [1.807, 2.05) is 11.8 Å². The number of nitrogens with zero attached hydrogens (tertiary/aromatic N) is 1. The van der Waals surface area contributed by atoms with Gasteiger partial charge in [0.15, 0.2) is 0 Å². The zero-order valence-electron chi connectivity index (χ0n) is 14.0. The van der Waals surface area contributed by atoms with Crippen LogP contribution in [0.3, 0.4) is 0 Å². The summed E-state index contributed by atoms with van der Waals surface area (Å²) in [6.07, 6.45) is 1.28. The summed E-state index contributed by atoms with van der Waals surface area (Å²) >= 11 is 1.70. The van der Waals surface area contributed by atoms with Gasteiger partial charge in [-0.3, -0.25) is 4.79 Å². The average Bonchev–Trinajstić information content (AvgIpc) is 3.01. The predicted molar refractivity (Wildman–Crippen MR) is 95.3 cm³/mol. The minimum absolute atomic E-state index is 0.0922. The molecule has 0 aliphatic carbocycles. The van der Waals surface area contributed by atoms with Crippen molar-refractivity contribution in [3.8, 4) is 0 Å². The molecule has 4 heteroatoms. The maximum absolute atomic E-state index is 12.9. The van der Waals surface area contributed by atoms with Crippen LogP contribution in [0, 0.1) is 13.8 Å². The van der Waals surface area contributed by atoms with Gasteiger partial charge in [-0.1, -0.05) is 12.1 Å². The van der Waals surface area contributed by atoms with Crippen molar-refractivity contribution in [2.45, 2.75) is 39.7 Å². The fourth-order valence-corrected chi connectivity index (χ4v) is 4.14.